The van der Waals surface area contributed by atoms with E-state index in [9.17, 15) is 10.1 Å². The lowest BCUT2D eigenvalue weighted by Crippen LogP contribution is -2.02. The van der Waals surface area contributed by atoms with Crippen LogP contribution in [0.5, 0.6) is 0 Å². The lowest BCUT2D eigenvalue weighted by atomic mass is 10.2. The van der Waals surface area contributed by atoms with Crippen LogP contribution in [0.3, 0.4) is 0 Å². The zero-order chi connectivity index (χ0) is 14.0. The highest BCUT2D eigenvalue weighted by Gasteiger charge is 2.14. The second-order valence-corrected chi connectivity index (χ2v) is 4.96. The first kappa shape index (κ1) is 13.5. The third kappa shape index (κ3) is 2.93. The van der Waals surface area contributed by atoms with Gasteiger partial charge in [0.1, 0.15) is 4.47 Å². The summed E-state index contributed by atoms with van der Waals surface area (Å²) >= 11 is 3.28. The summed E-state index contributed by atoms with van der Waals surface area (Å²) < 4.78 is 2.23. The first-order valence-corrected chi connectivity index (χ1v) is 6.44. The predicted molar refractivity (Wildman–Crippen MR) is 76.1 cm³/mol. The molecule has 1 aromatic heterocycles. The summed E-state index contributed by atoms with van der Waals surface area (Å²) in [5, 5.41) is 18.3. The van der Waals surface area contributed by atoms with Gasteiger partial charge in [-0.1, -0.05) is 12.1 Å². The van der Waals surface area contributed by atoms with Gasteiger partial charge in [-0.05, 0) is 28.4 Å². The predicted octanol–water partition coefficient (Wildman–Crippen LogP) is 3.01. The molecular formula is C12H13BrN4O2. The summed E-state index contributed by atoms with van der Waals surface area (Å²) in [6.45, 7) is 2.40. The molecule has 0 saturated carbocycles. The van der Waals surface area contributed by atoms with Gasteiger partial charge in [-0.3, -0.25) is 14.8 Å². The van der Waals surface area contributed by atoms with Gasteiger partial charge in [-0.2, -0.15) is 5.10 Å². The first-order chi connectivity index (χ1) is 8.99. The Labute approximate surface area is 118 Å². The van der Waals surface area contributed by atoms with Crippen LogP contribution in [0.15, 0.2) is 28.9 Å². The number of anilines is 1. The average molecular weight is 325 g/mol. The van der Waals surface area contributed by atoms with Gasteiger partial charge in [0.05, 0.1) is 16.3 Å². The number of nitro groups is 1. The third-order valence-corrected chi connectivity index (χ3v) is 3.65. The van der Waals surface area contributed by atoms with Gasteiger partial charge in [0.15, 0.2) is 0 Å². The zero-order valence-corrected chi connectivity index (χ0v) is 12.1. The van der Waals surface area contributed by atoms with Crippen LogP contribution in [0.2, 0.25) is 0 Å². The number of halogens is 1. The first-order valence-electron chi connectivity index (χ1n) is 5.65. The SMILES string of the molecule is Cc1nn(C)cc1NCc1cccc([N+](=O)[O-])c1Br. The smallest absolute Gasteiger partial charge is 0.283 e. The van der Waals surface area contributed by atoms with Crippen LogP contribution in [0.4, 0.5) is 11.4 Å². The highest BCUT2D eigenvalue weighted by Crippen LogP contribution is 2.28. The largest absolute Gasteiger partial charge is 0.378 e. The second kappa shape index (κ2) is 5.40. The van der Waals surface area contributed by atoms with Crippen molar-refractivity contribution in [2.45, 2.75) is 13.5 Å². The van der Waals surface area contributed by atoms with Crippen LogP contribution in [-0.2, 0) is 13.6 Å². The van der Waals surface area contributed by atoms with Crippen molar-refractivity contribution in [1.29, 1.82) is 0 Å². The Balaban J connectivity index is 2.18. The molecule has 0 amide bonds. The molecule has 0 bridgehead atoms. The molecule has 0 unspecified atom stereocenters. The number of nitro benzene ring substituents is 1. The van der Waals surface area contributed by atoms with Crippen molar-refractivity contribution in [3.05, 3.63) is 50.2 Å². The molecule has 2 rings (SSSR count). The van der Waals surface area contributed by atoms with E-state index < -0.39 is 4.92 Å². The Morgan fingerprint density at radius 1 is 1.53 bits per heavy atom. The monoisotopic (exact) mass is 324 g/mol. The van der Waals surface area contributed by atoms with Gasteiger partial charge in [0, 0.05) is 25.9 Å². The van der Waals surface area contributed by atoms with Crippen LogP contribution in [0.1, 0.15) is 11.3 Å². The van der Waals surface area contributed by atoms with E-state index in [1.165, 1.54) is 6.07 Å². The summed E-state index contributed by atoms with van der Waals surface area (Å²) in [5.41, 5.74) is 2.71. The fourth-order valence-electron chi connectivity index (χ4n) is 1.81. The van der Waals surface area contributed by atoms with Gasteiger partial charge in [-0.25, -0.2) is 0 Å². The van der Waals surface area contributed by atoms with E-state index in [0.29, 0.717) is 11.0 Å². The number of hydrogen-bond acceptors (Lipinski definition) is 4. The maximum Gasteiger partial charge on any atom is 0.283 e. The molecule has 1 N–H and O–H groups in total. The van der Waals surface area contributed by atoms with E-state index >= 15 is 0 Å². The number of aryl methyl sites for hydroxylation is 2. The highest BCUT2D eigenvalue weighted by molar-refractivity contribution is 9.10. The van der Waals surface area contributed by atoms with Crippen molar-refractivity contribution >= 4 is 27.3 Å². The summed E-state index contributed by atoms with van der Waals surface area (Å²) in [6.07, 6.45) is 1.88. The molecule has 0 aliphatic heterocycles. The summed E-state index contributed by atoms with van der Waals surface area (Å²) in [6, 6.07) is 4.99. The van der Waals surface area contributed by atoms with Crippen molar-refractivity contribution in [1.82, 2.24) is 9.78 Å². The van der Waals surface area contributed by atoms with E-state index in [1.54, 1.807) is 10.7 Å². The number of nitrogens with one attached hydrogen (secondary N) is 1. The van der Waals surface area contributed by atoms with Crippen LogP contribution >= 0.6 is 15.9 Å². The molecule has 7 heteroatoms. The van der Waals surface area contributed by atoms with Crippen molar-refractivity contribution in [3.63, 3.8) is 0 Å². The maximum atomic E-state index is 10.8. The molecular weight excluding hydrogens is 312 g/mol. The average Bonchev–Trinajstić information content (AvgIpc) is 2.66. The topological polar surface area (TPSA) is 73.0 Å². The van der Waals surface area contributed by atoms with Crippen molar-refractivity contribution < 1.29 is 4.92 Å². The Kier molecular flexibility index (Phi) is 3.84. The number of aromatic nitrogens is 2. The molecule has 2 aromatic rings. The molecule has 0 aliphatic rings. The van der Waals surface area contributed by atoms with Gasteiger partial charge >= 0.3 is 0 Å². The van der Waals surface area contributed by atoms with E-state index in [0.717, 1.165) is 16.9 Å². The number of hydrogen-bond donors (Lipinski definition) is 1. The molecule has 0 saturated heterocycles. The summed E-state index contributed by atoms with van der Waals surface area (Å²) in [5.74, 6) is 0. The van der Waals surface area contributed by atoms with E-state index in [1.807, 2.05) is 26.2 Å². The molecule has 0 radical (unpaired) electrons. The Bertz CT molecular complexity index is 624. The lowest BCUT2D eigenvalue weighted by molar-refractivity contribution is -0.385. The van der Waals surface area contributed by atoms with E-state index in [4.69, 9.17) is 0 Å². The molecule has 1 aromatic carbocycles. The second-order valence-electron chi connectivity index (χ2n) is 4.16. The Morgan fingerprint density at radius 2 is 2.26 bits per heavy atom. The molecule has 100 valence electrons. The van der Waals surface area contributed by atoms with Crippen molar-refractivity contribution in [2.24, 2.45) is 7.05 Å². The fraction of sp³-hybridized carbons (Fsp3) is 0.250. The number of rotatable bonds is 4. The van der Waals surface area contributed by atoms with E-state index in [-0.39, 0.29) is 5.69 Å². The third-order valence-electron chi connectivity index (χ3n) is 2.74. The minimum absolute atomic E-state index is 0.0715. The summed E-state index contributed by atoms with van der Waals surface area (Å²) in [4.78, 5) is 10.4. The fourth-order valence-corrected chi connectivity index (χ4v) is 2.36. The van der Waals surface area contributed by atoms with Crippen LogP contribution in [0.25, 0.3) is 0 Å². The maximum absolute atomic E-state index is 10.8. The van der Waals surface area contributed by atoms with Gasteiger partial charge < -0.3 is 5.32 Å². The normalized spacial score (nSPS) is 10.5. The zero-order valence-electron chi connectivity index (χ0n) is 10.6. The quantitative estimate of drug-likeness (QED) is 0.693. The molecule has 0 atom stereocenters. The Hall–Kier alpha value is -1.89. The van der Waals surface area contributed by atoms with Crippen LogP contribution in [0, 0.1) is 17.0 Å². The molecule has 19 heavy (non-hydrogen) atoms. The number of nitrogens with zero attached hydrogens (tertiary/aromatic N) is 3. The van der Waals surface area contributed by atoms with E-state index in [2.05, 4.69) is 26.3 Å². The molecule has 0 spiro atoms. The van der Waals surface area contributed by atoms with Crippen molar-refractivity contribution in [2.75, 3.05) is 5.32 Å². The van der Waals surface area contributed by atoms with Gasteiger partial charge in [0.25, 0.3) is 5.69 Å². The molecule has 1 heterocycles. The minimum atomic E-state index is -0.400. The highest BCUT2D eigenvalue weighted by atomic mass is 79.9. The minimum Gasteiger partial charge on any atom is -0.378 e. The van der Waals surface area contributed by atoms with Crippen LogP contribution in [-0.4, -0.2) is 14.7 Å². The molecule has 0 fully saturated rings. The molecule has 6 nitrogen and oxygen atoms in total. The standard InChI is InChI=1S/C12H13BrN4O2/c1-8-10(7-16(2)15-8)14-6-9-4-3-5-11(12(9)13)17(18)19/h3-5,7,14H,6H2,1-2H3. The van der Waals surface area contributed by atoms with Gasteiger partial charge in [0.2, 0.25) is 0 Å². The Morgan fingerprint density at radius 3 is 2.84 bits per heavy atom. The molecule has 0 aliphatic carbocycles. The lowest BCUT2D eigenvalue weighted by Gasteiger charge is -2.07. The number of benzene rings is 1. The summed E-state index contributed by atoms with van der Waals surface area (Å²) in [7, 11) is 1.85. The van der Waals surface area contributed by atoms with Gasteiger partial charge in [-0.15, -0.1) is 0 Å². The van der Waals surface area contributed by atoms with Crippen molar-refractivity contribution in [3.8, 4) is 0 Å². The van der Waals surface area contributed by atoms with Crippen LogP contribution < -0.4 is 5.32 Å².